The van der Waals surface area contributed by atoms with Crippen LogP contribution in [0.1, 0.15) is 12.8 Å². The van der Waals surface area contributed by atoms with Crippen molar-refractivity contribution in [3.8, 4) is 0 Å². The van der Waals surface area contributed by atoms with Gasteiger partial charge < -0.3 is 19.8 Å². The van der Waals surface area contributed by atoms with Crippen LogP contribution in [0, 0.1) is 0 Å². The third-order valence-corrected chi connectivity index (χ3v) is 4.48. The summed E-state index contributed by atoms with van der Waals surface area (Å²) in [7, 11) is -27.6. The van der Waals surface area contributed by atoms with Gasteiger partial charge in [0.25, 0.3) is 0 Å². The van der Waals surface area contributed by atoms with Gasteiger partial charge in [-0.1, -0.05) is 0 Å². The zero-order valence-corrected chi connectivity index (χ0v) is 25.0. The van der Waals surface area contributed by atoms with Crippen LogP contribution in [-0.2, 0) is 17.1 Å². The summed E-state index contributed by atoms with van der Waals surface area (Å²) in [5.41, 5.74) is 0. The Balaban J connectivity index is -0.000000547. The van der Waals surface area contributed by atoms with Crippen LogP contribution in [-0.4, -0.2) is 104 Å². The number of aliphatic hydroxyl groups excluding tert-OH is 1. The smallest absolute Gasteiger partial charge is 3.00 e. The molecular weight excluding hydrogens is 730 g/mol. The normalized spacial score (nSPS) is 29.0. The number of hydrogen-bond acceptors (Lipinski definition) is 5. The molecule has 41 heavy (non-hydrogen) atoms. The molecule has 2 bridgehead atoms. The second-order valence-electron chi connectivity index (χ2n) is 8.98. The van der Waals surface area contributed by atoms with Crippen molar-refractivity contribution < 1.29 is 97.7 Å². The molecule has 0 aliphatic carbocycles. The molecule has 2 heterocycles. The van der Waals surface area contributed by atoms with E-state index in [1.165, 1.54) is 13.0 Å². The average Bonchev–Trinajstić information content (AvgIpc) is 2.55. The van der Waals surface area contributed by atoms with Crippen molar-refractivity contribution in [2.45, 2.75) is 19.1 Å². The predicted molar refractivity (Wildman–Crippen MR) is 119 cm³/mol. The van der Waals surface area contributed by atoms with Crippen molar-refractivity contribution in [1.82, 2.24) is 19.6 Å². The van der Waals surface area contributed by atoms with Gasteiger partial charge >= 0.3 is 116 Å². The maximum Gasteiger partial charge on any atom is 3.00 e. The van der Waals surface area contributed by atoms with Gasteiger partial charge in [-0.05, 0) is 40.0 Å². The first-order chi connectivity index (χ1) is 16.5. The van der Waals surface area contributed by atoms with Crippen molar-refractivity contribution in [2.24, 2.45) is 0 Å². The molecule has 0 aromatic carbocycles. The Morgan fingerprint density at radius 3 is 1.15 bits per heavy atom. The Hall–Kier alpha value is 0.349. The minimum atomic E-state index is -10.7. The molecule has 3 unspecified atom stereocenters. The van der Waals surface area contributed by atoms with Crippen molar-refractivity contribution >= 4 is 23.4 Å². The number of hydrogen-bond donors (Lipinski definition) is 1. The van der Waals surface area contributed by atoms with E-state index < -0.39 is 23.4 Å². The van der Waals surface area contributed by atoms with Crippen LogP contribution in [0.3, 0.4) is 0 Å². The quantitative estimate of drug-likeness (QED) is 0.151. The number of fused-ring (bicyclic) bond motifs is 3. The van der Waals surface area contributed by atoms with Crippen molar-refractivity contribution in [3.63, 3.8) is 0 Å². The van der Waals surface area contributed by atoms with E-state index in [0.29, 0.717) is 0 Å². The minimum absolute atomic E-state index is 0. The van der Waals surface area contributed by atoms with E-state index in [-0.39, 0.29) is 23.3 Å². The summed E-state index contributed by atoms with van der Waals surface area (Å²) in [5.74, 6) is 0. The molecule has 0 spiro atoms. The third kappa shape index (κ3) is 64.4. The van der Waals surface area contributed by atoms with Crippen LogP contribution in [0.2, 0.25) is 0 Å². The predicted octanol–water partition coefficient (Wildman–Crippen LogP) is 9.72. The van der Waals surface area contributed by atoms with Crippen LogP contribution in [0.15, 0.2) is 0 Å². The Kier molecular flexibility index (Phi) is 13.7. The Labute approximate surface area is 233 Å². The average molecular weight is 760 g/mol. The van der Waals surface area contributed by atoms with Crippen LogP contribution >= 0.6 is 23.4 Å². The largest absolute Gasteiger partial charge is 3.00 e. The molecule has 0 aromatic heterocycles. The fourth-order valence-electron chi connectivity index (χ4n) is 2.93. The SMILES string of the molecule is CN1CCC(O)N2CCN(C)CCCN(CC1)CC2.F[P-](F)(F)(F)(F)F.F[P-](F)(F)(F)(F)F.F[P-](F)(F)(F)(F)F.[Mn+3]. The molecule has 2 aliphatic rings. The van der Waals surface area contributed by atoms with Gasteiger partial charge in [0.05, 0.1) is 0 Å². The monoisotopic (exact) mass is 760 g/mol. The van der Waals surface area contributed by atoms with Crippen LogP contribution < -0.4 is 0 Å². The van der Waals surface area contributed by atoms with Gasteiger partial charge in [0.2, 0.25) is 0 Å². The summed E-state index contributed by atoms with van der Waals surface area (Å²) >= 11 is 0. The summed E-state index contributed by atoms with van der Waals surface area (Å²) in [4.78, 5) is 9.55. The molecule has 0 radical (unpaired) electrons. The van der Waals surface area contributed by atoms with E-state index in [0.717, 1.165) is 58.8 Å². The Morgan fingerprint density at radius 2 is 0.756 bits per heavy atom. The van der Waals surface area contributed by atoms with Crippen LogP contribution in [0.5, 0.6) is 0 Å². The van der Waals surface area contributed by atoms with E-state index in [1.54, 1.807) is 0 Å². The van der Waals surface area contributed by atoms with Crippen LogP contribution in [0.4, 0.5) is 75.5 Å². The van der Waals surface area contributed by atoms with E-state index >= 15 is 0 Å². The van der Waals surface area contributed by atoms with Gasteiger partial charge in [0, 0.05) is 45.8 Å². The maximum absolute atomic E-state index is 10.7. The molecule has 2 rings (SSSR count). The first kappa shape index (κ1) is 45.8. The Morgan fingerprint density at radius 1 is 0.463 bits per heavy atom. The molecule has 3 atom stereocenters. The summed E-state index contributed by atoms with van der Waals surface area (Å²) < 4.78 is 178. The van der Waals surface area contributed by atoms with E-state index in [1.807, 2.05) is 0 Å². The molecule has 0 aromatic rings. The first-order valence-electron chi connectivity index (χ1n) is 10.7. The molecule has 260 valence electrons. The van der Waals surface area contributed by atoms with Crippen LogP contribution in [0.25, 0.3) is 0 Å². The molecule has 0 saturated carbocycles. The second-order valence-corrected chi connectivity index (χ2v) is 14.7. The first-order valence-corrected chi connectivity index (χ1v) is 16.8. The van der Waals surface area contributed by atoms with Gasteiger partial charge in [-0.2, -0.15) is 0 Å². The Bertz CT molecular complexity index is 703. The molecule has 2 aliphatic heterocycles. The van der Waals surface area contributed by atoms with Crippen molar-refractivity contribution in [3.05, 3.63) is 0 Å². The number of rotatable bonds is 0. The summed E-state index contributed by atoms with van der Waals surface area (Å²) in [5, 5.41) is 10.4. The van der Waals surface area contributed by atoms with Crippen molar-refractivity contribution in [2.75, 3.05) is 73.0 Å². The van der Waals surface area contributed by atoms with Gasteiger partial charge in [-0.25, -0.2) is 0 Å². The summed E-state index contributed by atoms with van der Waals surface area (Å²) in [6.45, 7) is 9.74. The molecule has 5 nitrogen and oxygen atoms in total. The number of halogens is 18. The van der Waals surface area contributed by atoms with Gasteiger partial charge in [-0.3, -0.25) is 4.90 Å². The zero-order valence-electron chi connectivity index (χ0n) is 21.1. The van der Waals surface area contributed by atoms with Gasteiger partial charge in [0.15, 0.2) is 0 Å². The molecule has 2 saturated heterocycles. The summed E-state index contributed by atoms with van der Waals surface area (Å²) in [6.07, 6.45) is 1.83. The number of likely N-dealkylation sites (N-methyl/N-ethyl adjacent to an activating group) is 2. The summed E-state index contributed by atoms with van der Waals surface area (Å²) in [6, 6.07) is 0. The van der Waals surface area contributed by atoms with E-state index in [2.05, 4.69) is 33.7 Å². The molecule has 2 fully saturated rings. The molecule has 0 amide bonds. The molecule has 27 heteroatoms. The topological polar surface area (TPSA) is 33.2 Å². The minimum Gasteiger partial charge on any atom is 3.00 e. The van der Waals surface area contributed by atoms with Crippen molar-refractivity contribution in [1.29, 1.82) is 0 Å². The van der Waals surface area contributed by atoms with Gasteiger partial charge in [0.1, 0.15) is 6.23 Å². The van der Waals surface area contributed by atoms with E-state index in [4.69, 9.17) is 0 Å². The van der Waals surface area contributed by atoms with Gasteiger partial charge in [-0.15, -0.1) is 0 Å². The third-order valence-electron chi connectivity index (χ3n) is 4.48. The number of nitrogens with zero attached hydrogens (tertiary/aromatic N) is 4. The molecular formula is C14H30F18MnN4OP3. The number of aliphatic hydroxyl groups is 1. The maximum atomic E-state index is 10.4. The molecule has 1 N–H and O–H groups in total. The standard InChI is InChI=1S/C14H30N4O.3F6P.Mn/c1-15-5-3-6-17-10-8-16(2)7-4-14(19)18(12-9-15)13-11-17;3*1-7(2,3,4,5)6;/h14,19H,3-13H2,1-2H3;;;;/q;3*-1;+3. The van der Waals surface area contributed by atoms with E-state index in [9.17, 15) is 80.7 Å². The second kappa shape index (κ2) is 12.3. The zero-order chi connectivity index (χ0) is 32.9. The fourth-order valence-corrected chi connectivity index (χ4v) is 2.93. The fraction of sp³-hybridized carbons (Fsp3) is 1.00.